The zero-order valence-electron chi connectivity index (χ0n) is 10.00. The van der Waals surface area contributed by atoms with Gasteiger partial charge in [-0.25, -0.2) is 4.79 Å². The van der Waals surface area contributed by atoms with Gasteiger partial charge in [-0.2, -0.15) is 0 Å². The summed E-state index contributed by atoms with van der Waals surface area (Å²) in [5, 5.41) is 19.3. The third-order valence-electron chi connectivity index (χ3n) is 4.32. The number of ether oxygens (including phenoxy) is 2. The summed E-state index contributed by atoms with van der Waals surface area (Å²) in [5.41, 5.74) is -1.47. The lowest BCUT2D eigenvalue weighted by molar-refractivity contribution is -0.180. The number of carbonyl (C=O) groups excluding carboxylic acids is 1. The number of fused-ring (bicyclic) bond motifs is 1. The van der Waals surface area contributed by atoms with Crippen molar-refractivity contribution in [2.45, 2.75) is 50.8 Å². The second kappa shape index (κ2) is 3.43. The molecule has 0 radical (unpaired) electrons. The summed E-state index contributed by atoms with van der Waals surface area (Å²) >= 11 is 0. The third kappa shape index (κ3) is 1.60. The zero-order valence-corrected chi connectivity index (χ0v) is 10.00. The van der Waals surface area contributed by atoms with Crippen LogP contribution in [0, 0.1) is 17.8 Å². The average molecular weight is 242 g/mol. The molecule has 5 nitrogen and oxygen atoms in total. The topological polar surface area (TPSA) is 76.0 Å². The van der Waals surface area contributed by atoms with E-state index >= 15 is 0 Å². The summed E-state index contributed by atoms with van der Waals surface area (Å²) in [4.78, 5) is 11.7. The minimum atomic E-state index is -1.47. The average Bonchev–Trinajstić information content (AvgIpc) is 2.80. The van der Waals surface area contributed by atoms with Gasteiger partial charge in [-0.15, -0.1) is 0 Å². The fourth-order valence-electron chi connectivity index (χ4n) is 3.50. The molecule has 2 N–H and O–H groups in total. The Balaban J connectivity index is 1.73. The van der Waals surface area contributed by atoms with Gasteiger partial charge in [0, 0.05) is 5.92 Å². The maximum atomic E-state index is 11.7. The molecule has 1 aliphatic heterocycles. The van der Waals surface area contributed by atoms with Gasteiger partial charge in [-0.05, 0) is 38.5 Å². The van der Waals surface area contributed by atoms with Crippen LogP contribution in [0.1, 0.15) is 26.7 Å². The van der Waals surface area contributed by atoms with E-state index in [-0.39, 0.29) is 24.0 Å². The molecule has 2 bridgehead atoms. The highest BCUT2D eigenvalue weighted by Crippen LogP contribution is 2.56. The van der Waals surface area contributed by atoms with Crippen molar-refractivity contribution in [2.24, 2.45) is 17.8 Å². The summed E-state index contributed by atoms with van der Waals surface area (Å²) in [5.74, 6) is 0.187. The van der Waals surface area contributed by atoms with Crippen LogP contribution >= 0.6 is 0 Å². The van der Waals surface area contributed by atoms with Crippen LogP contribution < -0.4 is 0 Å². The number of aliphatic hydroxyl groups excluding tert-OH is 1. The summed E-state index contributed by atoms with van der Waals surface area (Å²) < 4.78 is 10.8. The first-order chi connectivity index (χ1) is 7.88. The molecule has 0 aromatic rings. The van der Waals surface area contributed by atoms with E-state index in [9.17, 15) is 15.0 Å². The van der Waals surface area contributed by atoms with Crippen LogP contribution in [0.15, 0.2) is 0 Å². The van der Waals surface area contributed by atoms with Crippen molar-refractivity contribution in [3.8, 4) is 0 Å². The monoisotopic (exact) mass is 242 g/mol. The molecule has 1 saturated heterocycles. The number of aliphatic hydroxyl groups is 2. The van der Waals surface area contributed by atoms with E-state index in [4.69, 9.17) is 9.47 Å². The lowest BCUT2D eigenvalue weighted by Gasteiger charge is -2.28. The Bertz CT molecular complexity index is 347. The molecule has 6 unspecified atom stereocenters. The van der Waals surface area contributed by atoms with E-state index in [1.54, 1.807) is 0 Å². The van der Waals surface area contributed by atoms with Crippen molar-refractivity contribution in [1.82, 2.24) is 0 Å². The lowest BCUT2D eigenvalue weighted by atomic mass is 9.87. The third-order valence-corrected chi connectivity index (χ3v) is 4.32. The Morgan fingerprint density at radius 3 is 2.65 bits per heavy atom. The second-order valence-electron chi connectivity index (χ2n) is 5.98. The van der Waals surface area contributed by atoms with Gasteiger partial charge in [0.2, 0.25) is 0 Å². The van der Waals surface area contributed by atoms with E-state index in [1.165, 1.54) is 13.8 Å². The highest BCUT2D eigenvalue weighted by molar-refractivity contribution is 5.78. The molecule has 3 rings (SSSR count). The molecule has 5 heteroatoms. The van der Waals surface area contributed by atoms with Gasteiger partial charge in [-0.1, -0.05) is 0 Å². The van der Waals surface area contributed by atoms with E-state index in [0.717, 1.165) is 12.8 Å². The van der Waals surface area contributed by atoms with Crippen molar-refractivity contribution >= 4 is 5.97 Å². The van der Waals surface area contributed by atoms with Crippen molar-refractivity contribution in [1.29, 1.82) is 0 Å². The molecule has 0 aromatic carbocycles. The molecular weight excluding hydrogens is 224 g/mol. The zero-order chi connectivity index (χ0) is 12.4. The highest BCUT2D eigenvalue weighted by atomic mass is 16.6. The Morgan fingerprint density at radius 1 is 1.35 bits per heavy atom. The SMILES string of the molecule is CC(C)(O)C(=O)OC1C2CC3C(O)OC1C3C2. The predicted octanol–water partition coefficient (Wildman–Crippen LogP) is 0.0423. The molecule has 96 valence electrons. The fraction of sp³-hybridized carbons (Fsp3) is 0.917. The molecule has 1 heterocycles. The minimum Gasteiger partial charge on any atom is -0.457 e. The molecular formula is C12H18O5. The molecule has 0 aromatic heterocycles. The van der Waals surface area contributed by atoms with Gasteiger partial charge in [0.15, 0.2) is 11.9 Å². The van der Waals surface area contributed by atoms with Crippen molar-refractivity contribution in [3.05, 3.63) is 0 Å². The maximum Gasteiger partial charge on any atom is 0.337 e. The Kier molecular flexibility index (Phi) is 2.31. The normalized spacial score (nSPS) is 47.5. The van der Waals surface area contributed by atoms with Crippen molar-refractivity contribution in [3.63, 3.8) is 0 Å². The first-order valence-electron chi connectivity index (χ1n) is 6.15. The first kappa shape index (κ1) is 11.4. The number of esters is 1. The predicted molar refractivity (Wildman–Crippen MR) is 56.8 cm³/mol. The van der Waals surface area contributed by atoms with Crippen LogP contribution in [0.3, 0.4) is 0 Å². The van der Waals surface area contributed by atoms with E-state index in [0.29, 0.717) is 5.92 Å². The van der Waals surface area contributed by atoms with Gasteiger partial charge in [0.05, 0.1) is 0 Å². The van der Waals surface area contributed by atoms with Crippen LogP contribution in [0.2, 0.25) is 0 Å². The highest BCUT2D eigenvalue weighted by Gasteiger charge is 2.62. The Morgan fingerprint density at radius 2 is 2.00 bits per heavy atom. The van der Waals surface area contributed by atoms with E-state index in [1.807, 2.05) is 0 Å². The van der Waals surface area contributed by atoms with Crippen LogP contribution in [0.25, 0.3) is 0 Å². The van der Waals surface area contributed by atoms with Gasteiger partial charge in [0.25, 0.3) is 0 Å². The molecule has 0 spiro atoms. The molecule has 6 atom stereocenters. The smallest absolute Gasteiger partial charge is 0.337 e. The largest absolute Gasteiger partial charge is 0.457 e. The summed E-state index contributed by atoms with van der Waals surface area (Å²) in [6.07, 6.45) is 0.621. The summed E-state index contributed by atoms with van der Waals surface area (Å²) in [7, 11) is 0. The molecule has 2 aliphatic carbocycles. The van der Waals surface area contributed by atoms with Crippen LogP contribution in [-0.4, -0.2) is 40.3 Å². The molecule has 3 fully saturated rings. The van der Waals surface area contributed by atoms with Crippen molar-refractivity contribution < 1.29 is 24.5 Å². The van der Waals surface area contributed by atoms with Crippen LogP contribution in [0.5, 0.6) is 0 Å². The van der Waals surface area contributed by atoms with Gasteiger partial charge in [-0.3, -0.25) is 0 Å². The van der Waals surface area contributed by atoms with E-state index < -0.39 is 17.9 Å². The summed E-state index contributed by atoms with van der Waals surface area (Å²) in [6.45, 7) is 2.82. The standard InChI is InChI=1S/C12H18O5/c1-12(2,15)11(14)17-8-5-3-6-7(4-5)10(13)16-9(6)8/h5-10,13,15H,3-4H2,1-2H3. The first-order valence-corrected chi connectivity index (χ1v) is 6.15. The number of hydrogen-bond acceptors (Lipinski definition) is 5. The number of hydrogen-bond donors (Lipinski definition) is 2. The van der Waals surface area contributed by atoms with Gasteiger partial charge in [0.1, 0.15) is 12.2 Å². The second-order valence-corrected chi connectivity index (χ2v) is 5.98. The Labute approximate surface area is 99.7 Å². The van der Waals surface area contributed by atoms with Crippen LogP contribution in [-0.2, 0) is 14.3 Å². The lowest BCUT2D eigenvalue weighted by Crippen LogP contribution is -2.42. The quantitative estimate of drug-likeness (QED) is 0.669. The molecule has 3 aliphatic rings. The van der Waals surface area contributed by atoms with Gasteiger partial charge < -0.3 is 19.7 Å². The van der Waals surface area contributed by atoms with Gasteiger partial charge >= 0.3 is 5.97 Å². The minimum absolute atomic E-state index is 0.181. The number of carbonyl (C=O) groups is 1. The Hall–Kier alpha value is -0.650. The van der Waals surface area contributed by atoms with Crippen molar-refractivity contribution in [2.75, 3.05) is 0 Å². The molecule has 17 heavy (non-hydrogen) atoms. The fourth-order valence-corrected chi connectivity index (χ4v) is 3.50. The maximum absolute atomic E-state index is 11.7. The van der Waals surface area contributed by atoms with E-state index in [2.05, 4.69) is 0 Å². The molecule has 2 saturated carbocycles. The molecule has 0 amide bonds. The number of rotatable bonds is 2. The van der Waals surface area contributed by atoms with Crippen LogP contribution in [0.4, 0.5) is 0 Å². The summed E-state index contributed by atoms with van der Waals surface area (Å²) in [6, 6.07) is 0.